The summed E-state index contributed by atoms with van der Waals surface area (Å²) in [5, 5.41) is 5.32. The Hall–Kier alpha value is -2.40. The number of H-pyrrole nitrogens is 1. The van der Waals surface area contributed by atoms with Gasteiger partial charge in [0.05, 0.1) is 17.9 Å². The van der Waals surface area contributed by atoms with Crippen LogP contribution in [0.3, 0.4) is 0 Å². The summed E-state index contributed by atoms with van der Waals surface area (Å²) in [7, 11) is 0. The van der Waals surface area contributed by atoms with Crippen LogP contribution in [-0.2, 0) is 9.53 Å². The van der Waals surface area contributed by atoms with Crippen LogP contribution in [0.1, 0.15) is 12.1 Å². The zero-order chi connectivity index (χ0) is 14.2. The third-order valence-corrected chi connectivity index (χ3v) is 3.97. The van der Waals surface area contributed by atoms with Crippen molar-refractivity contribution >= 4 is 28.6 Å². The number of carbonyl (C=O) groups is 1. The Labute approximate surface area is 121 Å². The highest BCUT2D eigenvalue weighted by atomic mass is 16.5. The Morgan fingerprint density at radius 1 is 1.33 bits per heavy atom. The van der Waals surface area contributed by atoms with Gasteiger partial charge in [0, 0.05) is 23.7 Å². The van der Waals surface area contributed by atoms with Gasteiger partial charge in [-0.15, -0.1) is 0 Å². The lowest BCUT2D eigenvalue weighted by Gasteiger charge is -2.06. The van der Waals surface area contributed by atoms with Crippen LogP contribution in [-0.4, -0.2) is 29.8 Å². The summed E-state index contributed by atoms with van der Waals surface area (Å²) in [6, 6.07) is 10.1. The number of carbonyl (C=O) groups excluding carboxylic acids is 1. The number of hydrogen-bond donors (Lipinski definition) is 2. The van der Waals surface area contributed by atoms with Crippen LogP contribution in [0.4, 0.5) is 0 Å². The maximum absolute atomic E-state index is 12.0. The third-order valence-electron chi connectivity index (χ3n) is 3.97. The molecule has 1 unspecified atom stereocenters. The van der Waals surface area contributed by atoms with Crippen molar-refractivity contribution in [2.45, 2.75) is 6.42 Å². The van der Waals surface area contributed by atoms with E-state index in [0.29, 0.717) is 12.2 Å². The molecule has 2 N–H and O–H groups in total. The number of nitrogens with one attached hydrogen (secondary N) is 2. The summed E-state index contributed by atoms with van der Waals surface area (Å²) in [6.07, 6.45) is 2.79. The minimum atomic E-state index is -0.143. The first-order valence-electron chi connectivity index (χ1n) is 7.07. The predicted octanol–water partition coefficient (Wildman–Crippen LogP) is 2.07. The molecule has 1 amide bonds. The molecule has 1 aromatic heterocycles. The normalized spacial score (nSPS) is 23.8. The van der Waals surface area contributed by atoms with Gasteiger partial charge >= 0.3 is 0 Å². The first-order chi connectivity index (χ1) is 10.3. The van der Waals surface area contributed by atoms with Crippen LogP contribution in [0.25, 0.3) is 17.0 Å². The molecule has 106 valence electrons. The molecule has 4 rings (SSSR count). The number of para-hydroxylation sites is 1. The maximum atomic E-state index is 12.0. The second kappa shape index (κ2) is 4.86. The Morgan fingerprint density at radius 3 is 3.05 bits per heavy atom. The standard InChI is InChI=1S/C16H15N3O2/c20-16-13(15(18-19-16)11-5-6-21-9-11)8-12-7-10-3-1-2-4-14(10)17-12/h1-4,7-8,11,17H,5-6,9H2,(H,19,20). The molecule has 3 heterocycles. The van der Waals surface area contributed by atoms with Gasteiger partial charge in [-0.1, -0.05) is 18.2 Å². The summed E-state index contributed by atoms with van der Waals surface area (Å²) < 4.78 is 5.40. The summed E-state index contributed by atoms with van der Waals surface area (Å²) in [5.41, 5.74) is 5.99. The van der Waals surface area contributed by atoms with Gasteiger partial charge in [0.25, 0.3) is 5.91 Å². The number of hydrazone groups is 1. The minimum absolute atomic E-state index is 0.143. The van der Waals surface area contributed by atoms with Gasteiger partial charge in [-0.05, 0) is 30.0 Å². The van der Waals surface area contributed by atoms with Gasteiger partial charge in [-0.2, -0.15) is 5.10 Å². The fraction of sp³-hybridized carbons (Fsp3) is 0.250. The second-order valence-corrected chi connectivity index (χ2v) is 5.37. The number of nitrogens with zero attached hydrogens (tertiary/aromatic N) is 1. The molecule has 1 fully saturated rings. The highest BCUT2D eigenvalue weighted by Crippen LogP contribution is 2.24. The Morgan fingerprint density at radius 2 is 2.24 bits per heavy atom. The van der Waals surface area contributed by atoms with E-state index in [-0.39, 0.29) is 11.8 Å². The Kier molecular flexibility index (Phi) is 2.86. The van der Waals surface area contributed by atoms with Gasteiger partial charge < -0.3 is 9.72 Å². The largest absolute Gasteiger partial charge is 0.381 e. The van der Waals surface area contributed by atoms with Crippen LogP contribution in [0, 0.1) is 5.92 Å². The number of aromatic nitrogens is 1. The fourth-order valence-electron chi connectivity index (χ4n) is 2.88. The lowest BCUT2D eigenvalue weighted by molar-refractivity contribution is -0.116. The van der Waals surface area contributed by atoms with Crippen molar-refractivity contribution in [3.05, 3.63) is 41.6 Å². The molecule has 0 saturated carbocycles. The van der Waals surface area contributed by atoms with Crippen LogP contribution in [0.2, 0.25) is 0 Å². The number of benzene rings is 1. The van der Waals surface area contributed by atoms with Crippen LogP contribution in [0.5, 0.6) is 0 Å². The van der Waals surface area contributed by atoms with E-state index in [1.165, 1.54) is 0 Å². The first-order valence-corrected chi connectivity index (χ1v) is 7.07. The number of aromatic amines is 1. The van der Waals surface area contributed by atoms with Crippen molar-refractivity contribution in [3.63, 3.8) is 0 Å². The monoisotopic (exact) mass is 281 g/mol. The first kappa shape index (κ1) is 12.3. The average molecular weight is 281 g/mol. The van der Waals surface area contributed by atoms with Crippen molar-refractivity contribution in [2.75, 3.05) is 13.2 Å². The number of rotatable bonds is 2. The molecule has 2 aliphatic heterocycles. The molecule has 5 nitrogen and oxygen atoms in total. The van der Waals surface area contributed by atoms with Gasteiger partial charge in [-0.3, -0.25) is 4.79 Å². The fourth-order valence-corrected chi connectivity index (χ4v) is 2.88. The molecular formula is C16H15N3O2. The topological polar surface area (TPSA) is 66.5 Å². The highest BCUT2D eigenvalue weighted by Gasteiger charge is 2.31. The van der Waals surface area contributed by atoms with E-state index >= 15 is 0 Å². The van der Waals surface area contributed by atoms with Crippen LogP contribution < -0.4 is 5.43 Å². The van der Waals surface area contributed by atoms with E-state index in [2.05, 4.69) is 15.5 Å². The quantitative estimate of drug-likeness (QED) is 0.828. The number of amides is 1. The van der Waals surface area contributed by atoms with E-state index in [1.54, 1.807) is 0 Å². The van der Waals surface area contributed by atoms with E-state index in [9.17, 15) is 4.79 Å². The molecule has 0 bridgehead atoms. The molecule has 21 heavy (non-hydrogen) atoms. The molecule has 0 spiro atoms. The number of fused-ring (bicyclic) bond motifs is 1. The summed E-state index contributed by atoms with van der Waals surface area (Å²) in [5.74, 6) is 0.0649. The second-order valence-electron chi connectivity index (χ2n) is 5.37. The zero-order valence-electron chi connectivity index (χ0n) is 11.4. The molecule has 0 radical (unpaired) electrons. The van der Waals surface area contributed by atoms with Gasteiger partial charge in [0.1, 0.15) is 0 Å². The molecule has 2 aromatic rings. The maximum Gasteiger partial charge on any atom is 0.273 e. The Balaban J connectivity index is 1.72. The van der Waals surface area contributed by atoms with Crippen LogP contribution >= 0.6 is 0 Å². The van der Waals surface area contributed by atoms with Crippen molar-refractivity contribution in [2.24, 2.45) is 11.0 Å². The van der Waals surface area contributed by atoms with Crippen molar-refractivity contribution in [1.82, 2.24) is 10.4 Å². The highest BCUT2D eigenvalue weighted by molar-refractivity contribution is 6.28. The van der Waals surface area contributed by atoms with Crippen molar-refractivity contribution < 1.29 is 9.53 Å². The smallest absolute Gasteiger partial charge is 0.273 e. The molecule has 1 aromatic carbocycles. The SMILES string of the molecule is O=C1NN=C(C2CCOC2)C1=Cc1cc2ccccc2[nH]1. The lowest BCUT2D eigenvalue weighted by atomic mass is 9.95. The van der Waals surface area contributed by atoms with E-state index in [4.69, 9.17) is 4.74 Å². The third kappa shape index (κ3) is 2.15. The molecule has 1 atom stereocenters. The summed E-state index contributed by atoms with van der Waals surface area (Å²) >= 11 is 0. The zero-order valence-corrected chi connectivity index (χ0v) is 11.4. The molecular weight excluding hydrogens is 266 g/mol. The van der Waals surface area contributed by atoms with E-state index in [0.717, 1.165) is 35.3 Å². The molecule has 1 saturated heterocycles. The molecule has 2 aliphatic rings. The molecule has 5 heteroatoms. The number of ether oxygens (including phenoxy) is 1. The van der Waals surface area contributed by atoms with Crippen molar-refractivity contribution in [3.8, 4) is 0 Å². The van der Waals surface area contributed by atoms with E-state index < -0.39 is 0 Å². The van der Waals surface area contributed by atoms with Gasteiger partial charge in [-0.25, -0.2) is 5.43 Å². The average Bonchev–Trinajstić information content (AvgIpc) is 3.19. The number of hydrogen-bond acceptors (Lipinski definition) is 3. The van der Waals surface area contributed by atoms with Crippen molar-refractivity contribution in [1.29, 1.82) is 0 Å². The predicted molar refractivity (Wildman–Crippen MR) is 80.8 cm³/mol. The lowest BCUT2D eigenvalue weighted by Crippen LogP contribution is -2.18. The van der Waals surface area contributed by atoms with Gasteiger partial charge in [0.2, 0.25) is 0 Å². The Bertz CT molecular complexity index is 734. The minimum Gasteiger partial charge on any atom is -0.381 e. The summed E-state index contributed by atoms with van der Waals surface area (Å²) in [4.78, 5) is 15.3. The van der Waals surface area contributed by atoms with Crippen LogP contribution in [0.15, 0.2) is 41.0 Å². The molecule has 0 aliphatic carbocycles. The van der Waals surface area contributed by atoms with E-state index in [1.807, 2.05) is 36.4 Å². The summed E-state index contributed by atoms with van der Waals surface area (Å²) in [6.45, 7) is 1.37. The van der Waals surface area contributed by atoms with Gasteiger partial charge in [0.15, 0.2) is 0 Å².